The summed E-state index contributed by atoms with van der Waals surface area (Å²) in [4.78, 5) is 17.1. The zero-order valence-corrected chi connectivity index (χ0v) is 13.3. The second-order valence-electron chi connectivity index (χ2n) is 5.97. The molecular formula is C17H24N2O3. The highest BCUT2D eigenvalue weighted by molar-refractivity contribution is 5.82. The number of anilines is 1. The summed E-state index contributed by atoms with van der Waals surface area (Å²) in [6.07, 6.45) is 0.468. The molecule has 1 aromatic carbocycles. The van der Waals surface area contributed by atoms with Gasteiger partial charge in [0.2, 0.25) is 0 Å². The number of amides is 1. The Labute approximate surface area is 131 Å². The molecule has 1 fully saturated rings. The lowest BCUT2D eigenvalue weighted by Gasteiger charge is -2.34. The first kappa shape index (κ1) is 15.3. The smallest absolute Gasteiger partial charge is 0.254 e. The third kappa shape index (κ3) is 2.96. The van der Waals surface area contributed by atoms with Crippen molar-refractivity contribution in [3.05, 3.63) is 29.8 Å². The maximum Gasteiger partial charge on any atom is 0.254 e. The van der Waals surface area contributed by atoms with Crippen molar-refractivity contribution in [3.63, 3.8) is 0 Å². The molecule has 0 unspecified atom stereocenters. The average Bonchev–Trinajstić information content (AvgIpc) is 2.72. The minimum Gasteiger partial charge on any atom is -0.376 e. The van der Waals surface area contributed by atoms with Crippen LogP contribution in [0.4, 0.5) is 5.69 Å². The first-order valence-corrected chi connectivity index (χ1v) is 7.99. The highest BCUT2D eigenvalue weighted by atomic mass is 16.6. The lowest BCUT2D eigenvalue weighted by Crippen LogP contribution is -2.50. The number of carbonyl (C=O) groups is 1. The van der Waals surface area contributed by atoms with Gasteiger partial charge < -0.3 is 19.3 Å². The molecule has 1 amide bonds. The summed E-state index contributed by atoms with van der Waals surface area (Å²) >= 11 is 0. The number of para-hydroxylation sites is 1. The van der Waals surface area contributed by atoms with E-state index in [4.69, 9.17) is 9.47 Å². The number of benzene rings is 1. The van der Waals surface area contributed by atoms with E-state index in [1.165, 1.54) is 11.3 Å². The molecule has 1 saturated heterocycles. The van der Waals surface area contributed by atoms with Crippen molar-refractivity contribution in [3.8, 4) is 0 Å². The molecule has 0 N–H and O–H groups in total. The number of hydrogen-bond acceptors (Lipinski definition) is 4. The van der Waals surface area contributed by atoms with Gasteiger partial charge in [0.15, 0.2) is 6.10 Å². The van der Waals surface area contributed by atoms with E-state index in [2.05, 4.69) is 31.0 Å². The molecule has 0 aliphatic carbocycles. The van der Waals surface area contributed by atoms with E-state index in [0.717, 1.165) is 13.0 Å². The van der Waals surface area contributed by atoms with Crippen LogP contribution in [-0.2, 0) is 20.8 Å². The number of hydrogen-bond donors (Lipinski definition) is 0. The summed E-state index contributed by atoms with van der Waals surface area (Å²) in [7, 11) is 2.09. The van der Waals surface area contributed by atoms with Gasteiger partial charge in [-0.2, -0.15) is 0 Å². The molecule has 2 atom stereocenters. The lowest BCUT2D eigenvalue weighted by molar-refractivity contribution is -0.160. The van der Waals surface area contributed by atoms with Crippen LogP contribution in [0, 0.1) is 0 Å². The molecule has 120 valence electrons. The second kappa shape index (κ2) is 6.67. The van der Waals surface area contributed by atoms with Gasteiger partial charge in [-0.05, 0) is 18.1 Å². The molecule has 2 aliphatic rings. The number of fused-ring (bicyclic) bond motifs is 1. The number of likely N-dealkylation sites (N-methyl/N-ethyl adjacent to an activating group) is 1. The highest BCUT2D eigenvalue weighted by Gasteiger charge is 2.34. The Balaban J connectivity index is 1.86. The number of ether oxygens (including phenoxy) is 2. The Morgan fingerprint density at radius 2 is 2.14 bits per heavy atom. The molecule has 0 spiro atoms. The van der Waals surface area contributed by atoms with Crippen LogP contribution in [-0.4, -0.2) is 56.4 Å². The van der Waals surface area contributed by atoms with Crippen LogP contribution in [0.15, 0.2) is 24.3 Å². The van der Waals surface area contributed by atoms with Crippen LogP contribution in [0.3, 0.4) is 0 Å². The minimum atomic E-state index is -0.460. The van der Waals surface area contributed by atoms with Gasteiger partial charge in [-0.15, -0.1) is 0 Å². The Hall–Kier alpha value is -1.59. The van der Waals surface area contributed by atoms with E-state index < -0.39 is 6.10 Å². The maximum absolute atomic E-state index is 12.9. The van der Waals surface area contributed by atoms with Crippen molar-refractivity contribution in [2.75, 3.05) is 38.3 Å². The van der Waals surface area contributed by atoms with Gasteiger partial charge in [0.25, 0.3) is 5.91 Å². The third-order valence-electron chi connectivity index (χ3n) is 4.51. The lowest BCUT2D eigenvalue weighted by atomic mass is 10.1. The van der Waals surface area contributed by atoms with Crippen molar-refractivity contribution in [1.82, 2.24) is 4.90 Å². The van der Waals surface area contributed by atoms with E-state index in [0.29, 0.717) is 26.4 Å². The fourth-order valence-corrected chi connectivity index (χ4v) is 3.27. The van der Waals surface area contributed by atoms with Crippen molar-refractivity contribution >= 4 is 11.6 Å². The van der Waals surface area contributed by atoms with Gasteiger partial charge in [0.05, 0.1) is 19.8 Å². The molecular weight excluding hydrogens is 280 g/mol. The molecule has 22 heavy (non-hydrogen) atoms. The topological polar surface area (TPSA) is 42.0 Å². The van der Waals surface area contributed by atoms with Crippen LogP contribution in [0.1, 0.15) is 18.9 Å². The second-order valence-corrected chi connectivity index (χ2v) is 5.97. The Kier molecular flexibility index (Phi) is 4.64. The fraction of sp³-hybridized carbons (Fsp3) is 0.588. The summed E-state index contributed by atoms with van der Waals surface area (Å²) in [5.74, 6) is 0.0525. The first-order chi connectivity index (χ1) is 10.7. The quantitative estimate of drug-likeness (QED) is 0.833. The molecule has 5 heteroatoms. The molecule has 0 saturated carbocycles. The van der Waals surface area contributed by atoms with E-state index in [9.17, 15) is 4.79 Å². The van der Waals surface area contributed by atoms with Crippen LogP contribution in [0.25, 0.3) is 0 Å². The van der Waals surface area contributed by atoms with Crippen LogP contribution in [0.5, 0.6) is 0 Å². The van der Waals surface area contributed by atoms with E-state index in [1.54, 1.807) is 0 Å². The molecule has 2 heterocycles. The Morgan fingerprint density at radius 1 is 1.32 bits per heavy atom. The maximum atomic E-state index is 12.9. The third-order valence-corrected chi connectivity index (χ3v) is 4.51. The summed E-state index contributed by atoms with van der Waals surface area (Å²) in [5, 5.41) is 0. The van der Waals surface area contributed by atoms with Crippen LogP contribution in [0.2, 0.25) is 0 Å². The normalized spacial score (nSPS) is 25.5. The summed E-state index contributed by atoms with van der Waals surface area (Å²) in [5.41, 5.74) is 2.39. The first-order valence-electron chi connectivity index (χ1n) is 7.99. The molecule has 2 aliphatic heterocycles. The largest absolute Gasteiger partial charge is 0.376 e. The van der Waals surface area contributed by atoms with E-state index >= 15 is 0 Å². The zero-order chi connectivity index (χ0) is 15.5. The van der Waals surface area contributed by atoms with Crippen LogP contribution >= 0.6 is 0 Å². The average molecular weight is 304 g/mol. The van der Waals surface area contributed by atoms with Gasteiger partial charge >= 0.3 is 0 Å². The molecule has 5 nitrogen and oxygen atoms in total. The van der Waals surface area contributed by atoms with Crippen molar-refractivity contribution in [2.24, 2.45) is 0 Å². The van der Waals surface area contributed by atoms with Gasteiger partial charge in [0, 0.05) is 31.9 Å². The van der Waals surface area contributed by atoms with Crippen molar-refractivity contribution in [1.29, 1.82) is 0 Å². The van der Waals surface area contributed by atoms with Crippen molar-refractivity contribution < 1.29 is 14.3 Å². The zero-order valence-electron chi connectivity index (χ0n) is 13.3. The minimum absolute atomic E-state index is 0.0525. The van der Waals surface area contributed by atoms with Gasteiger partial charge in [-0.1, -0.05) is 25.1 Å². The molecule has 0 bridgehead atoms. The number of rotatable bonds is 2. The van der Waals surface area contributed by atoms with Gasteiger partial charge in [-0.25, -0.2) is 0 Å². The summed E-state index contributed by atoms with van der Waals surface area (Å²) < 4.78 is 11.0. The summed E-state index contributed by atoms with van der Waals surface area (Å²) in [6.45, 7) is 5.05. The molecule has 0 aromatic heterocycles. The fourth-order valence-electron chi connectivity index (χ4n) is 3.27. The highest BCUT2D eigenvalue weighted by Crippen LogP contribution is 2.27. The SMILES string of the molecule is CC[C@H]1CN(C)c2ccccc2CN1C(=O)[C@@H]1COCCO1. The molecule has 1 aromatic rings. The predicted molar refractivity (Wildman–Crippen MR) is 84.9 cm³/mol. The van der Waals surface area contributed by atoms with E-state index in [-0.39, 0.29) is 11.9 Å². The van der Waals surface area contributed by atoms with E-state index in [1.807, 2.05) is 17.0 Å². The monoisotopic (exact) mass is 304 g/mol. The van der Waals surface area contributed by atoms with Gasteiger partial charge in [0.1, 0.15) is 0 Å². The summed E-state index contributed by atoms with van der Waals surface area (Å²) in [6, 6.07) is 8.49. The molecule has 3 rings (SSSR count). The Morgan fingerprint density at radius 3 is 2.86 bits per heavy atom. The van der Waals surface area contributed by atoms with Gasteiger partial charge in [-0.3, -0.25) is 4.79 Å². The standard InChI is InChI=1S/C17H24N2O3/c1-3-14-11-18(2)15-7-5-4-6-13(15)10-19(14)17(20)16-12-21-8-9-22-16/h4-7,14,16H,3,8-12H2,1-2H3/t14-,16-/m0/s1. The van der Waals surface area contributed by atoms with Crippen molar-refractivity contribution in [2.45, 2.75) is 32.0 Å². The number of carbonyl (C=O) groups excluding carboxylic acids is 1. The Bertz CT molecular complexity index is 528. The van der Waals surface area contributed by atoms with Crippen LogP contribution < -0.4 is 4.90 Å². The molecule has 0 radical (unpaired) electrons. The number of nitrogens with zero attached hydrogens (tertiary/aromatic N) is 2. The predicted octanol–water partition coefficient (Wildman–Crippen LogP) is 1.66.